The van der Waals surface area contributed by atoms with E-state index in [4.69, 9.17) is 4.74 Å². The first-order chi connectivity index (χ1) is 12.7. The highest BCUT2D eigenvalue weighted by Crippen LogP contribution is 2.18. The molecule has 0 saturated heterocycles. The van der Waals surface area contributed by atoms with Gasteiger partial charge in [0.1, 0.15) is 11.5 Å². The predicted octanol–water partition coefficient (Wildman–Crippen LogP) is 3.37. The molecule has 8 heteroatoms. The molecule has 4 rings (SSSR count). The number of amides is 1. The van der Waals surface area contributed by atoms with Crippen LogP contribution < -0.4 is 10.2 Å². The molecule has 0 aliphatic carbocycles. The Morgan fingerprint density at radius 1 is 1.04 bits per heavy atom. The zero-order chi connectivity index (χ0) is 17.9. The number of rotatable bonds is 3. The number of ether oxygens (including phenoxy) is 1. The lowest BCUT2D eigenvalue weighted by Gasteiger charge is -2.08. The lowest BCUT2D eigenvalue weighted by atomic mass is 10.2. The molecule has 1 amide bonds. The molecule has 1 aromatic carbocycles. The smallest absolute Gasteiger partial charge is 0.406 e. The Kier molecular flexibility index (Phi) is 3.98. The highest BCUT2D eigenvalue weighted by molar-refractivity contribution is 5.85. The number of fused-ring (bicyclic) bond motifs is 1. The molecule has 0 aliphatic rings. The lowest BCUT2D eigenvalue weighted by Crippen LogP contribution is -2.25. The van der Waals surface area contributed by atoms with Gasteiger partial charge in [-0.2, -0.15) is 0 Å². The van der Waals surface area contributed by atoms with Gasteiger partial charge in [0, 0.05) is 17.8 Å². The van der Waals surface area contributed by atoms with E-state index in [1.54, 1.807) is 36.5 Å². The molecule has 0 unspecified atom stereocenters. The van der Waals surface area contributed by atoms with Gasteiger partial charge in [0.25, 0.3) is 0 Å². The molecule has 3 heterocycles. The summed E-state index contributed by atoms with van der Waals surface area (Å²) in [6.45, 7) is 0. The van der Waals surface area contributed by atoms with Crippen molar-refractivity contribution in [2.45, 2.75) is 0 Å². The molecule has 0 bridgehead atoms. The van der Waals surface area contributed by atoms with Crippen LogP contribution >= 0.6 is 0 Å². The van der Waals surface area contributed by atoms with Crippen LogP contribution in [0.1, 0.15) is 0 Å². The van der Waals surface area contributed by atoms with E-state index in [-0.39, 0.29) is 11.6 Å². The summed E-state index contributed by atoms with van der Waals surface area (Å²) in [6.07, 6.45) is 5.19. The number of hydrogen-bond acceptors (Lipinski definition) is 5. The Bertz CT molecular complexity index is 1060. The number of halogens is 1. The standard InChI is InChI=1S/C18H12FN5O2/c19-14-4-3-6-16-13(14)7-9-24(16)23-18(25)26-12-10-21-17(22-11-12)15-5-1-2-8-20-15/h1-11H,(H,23,25). The summed E-state index contributed by atoms with van der Waals surface area (Å²) in [4.78, 5) is 24.4. The minimum absolute atomic E-state index is 0.171. The number of hydrogen-bond donors (Lipinski definition) is 1. The van der Waals surface area contributed by atoms with Crippen molar-refractivity contribution < 1.29 is 13.9 Å². The van der Waals surface area contributed by atoms with E-state index in [2.05, 4.69) is 20.4 Å². The number of nitrogens with zero attached hydrogens (tertiary/aromatic N) is 4. The average Bonchev–Trinajstić information content (AvgIpc) is 3.07. The molecule has 3 aromatic heterocycles. The Morgan fingerprint density at radius 3 is 2.65 bits per heavy atom. The maximum absolute atomic E-state index is 13.7. The summed E-state index contributed by atoms with van der Waals surface area (Å²) < 4.78 is 20.2. The number of carbonyl (C=O) groups is 1. The molecule has 0 atom stereocenters. The minimum atomic E-state index is -0.749. The molecule has 7 nitrogen and oxygen atoms in total. The minimum Gasteiger partial charge on any atom is -0.406 e. The summed E-state index contributed by atoms with van der Waals surface area (Å²) in [5.41, 5.74) is 3.64. The van der Waals surface area contributed by atoms with Gasteiger partial charge in [0.15, 0.2) is 11.6 Å². The summed E-state index contributed by atoms with van der Waals surface area (Å²) in [5, 5.41) is 0.399. The molecule has 0 radical (unpaired) electrons. The van der Waals surface area contributed by atoms with Gasteiger partial charge in [-0.3, -0.25) is 9.66 Å². The molecule has 1 N–H and O–H groups in total. The molecule has 0 spiro atoms. The molecular weight excluding hydrogens is 337 g/mol. The van der Waals surface area contributed by atoms with Crippen molar-refractivity contribution in [1.29, 1.82) is 0 Å². The molecule has 0 aliphatic heterocycles. The van der Waals surface area contributed by atoms with Crippen molar-refractivity contribution in [2.75, 3.05) is 5.43 Å². The van der Waals surface area contributed by atoms with Gasteiger partial charge in [0.2, 0.25) is 0 Å². The van der Waals surface area contributed by atoms with Crippen LogP contribution in [0.2, 0.25) is 0 Å². The SMILES string of the molecule is O=C(Nn1ccc2c(F)cccc21)Oc1cnc(-c2ccccn2)nc1. The summed E-state index contributed by atoms with van der Waals surface area (Å²) >= 11 is 0. The highest BCUT2D eigenvalue weighted by atomic mass is 19.1. The number of pyridine rings is 1. The lowest BCUT2D eigenvalue weighted by molar-refractivity contribution is 0.211. The van der Waals surface area contributed by atoms with E-state index in [1.165, 1.54) is 29.3 Å². The number of carbonyl (C=O) groups excluding carboxylic acids is 1. The summed E-state index contributed by atoms with van der Waals surface area (Å²) in [5.74, 6) is 0.227. The van der Waals surface area contributed by atoms with Gasteiger partial charge in [-0.25, -0.2) is 24.6 Å². The Labute approximate surface area is 147 Å². The van der Waals surface area contributed by atoms with Gasteiger partial charge in [-0.15, -0.1) is 0 Å². The van der Waals surface area contributed by atoms with E-state index in [1.807, 2.05) is 6.07 Å². The van der Waals surface area contributed by atoms with Crippen LogP contribution in [-0.2, 0) is 0 Å². The first-order valence-corrected chi connectivity index (χ1v) is 7.68. The second-order valence-electron chi connectivity index (χ2n) is 5.32. The van der Waals surface area contributed by atoms with E-state index in [0.29, 0.717) is 22.4 Å². The molecule has 26 heavy (non-hydrogen) atoms. The summed E-state index contributed by atoms with van der Waals surface area (Å²) in [7, 11) is 0. The van der Waals surface area contributed by atoms with Crippen LogP contribution in [0.25, 0.3) is 22.4 Å². The second-order valence-corrected chi connectivity index (χ2v) is 5.32. The average molecular weight is 349 g/mol. The fraction of sp³-hybridized carbons (Fsp3) is 0. The van der Waals surface area contributed by atoms with Gasteiger partial charge in [-0.1, -0.05) is 12.1 Å². The van der Waals surface area contributed by atoms with Crippen LogP contribution in [0.4, 0.5) is 9.18 Å². The van der Waals surface area contributed by atoms with Gasteiger partial charge in [0.05, 0.1) is 17.9 Å². The molecule has 0 fully saturated rings. The first-order valence-electron chi connectivity index (χ1n) is 7.68. The Balaban J connectivity index is 1.47. The topological polar surface area (TPSA) is 81.9 Å². The first kappa shape index (κ1) is 15.7. The van der Waals surface area contributed by atoms with Crippen LogP contribution in [0, 0.1) is 5.82 Å². The van der Waals surface area contributed by atoms with Crippen molar-refractivity contribution in [3.05, 3.63) is 73.1 Å². The van der Waals surface area contributed by atoms with Crippen molar-refractivity contribution in [3.63, 3.8) is 0 Å². The molecule has 4 aromatic rings. The van der Waals surface area contributed by atoms with E-state index in [0.717, 1.165) is 0 Å². The van der Waals surface area contributed by atoms with Crippen molar-refractivity contribution in [1.82, 2.24) is 19.6 Å². The predicted molar refractivity (Wildman–Crippen MR) is 92.5 cm³/mol. The van der Waals surface area contributed by atoms with Crippen LogP contribution in [0.3, 0.4) is 0 Å². The highest BCUT2D eigenvalue weighted by Gasteiger charge is 2.10. The van der Waals surface area contributed by atoms with E-state index >= 15 is 0 Å². The fourth-order valence-corrected chi connectivity index (χ4v) is 2.45. The molecule has 128 valence electrons. The number of nitrogens with one attached hydrogen (secondary N) is 1. The fourth-order valence-electron chi connectivity index (χ4n) is 2.45. The molecule has 0 saturated carbocycles. The third kappa shape index (κ3) is 3.07. The van der Waals surface area contributed by atoms with Crippen molar-refractivity contribution in [3.8, 4) is 17.3 Å². The maximum atomic E-state index is 13.7. The maximum Gasteiger partial charge on any atom is 0.432 e. The zero-order valence-electron chi connectivity index (χ0n) is 13.3. The summed E-state index contributed by atoms with van der Waals surface area (Å²) in [6, 6.07) is 11.6. The van der Waals surface area contributed by atoms with E-state index in [9.17, 15) is 9.18 Å². The Morgan fingerprint density at radius 2 is 1.88 bits per heavy atom. The third-order valence-corrected chi connectivity index (χ3v) is 3.62. The van der Waals surface area contributed by atoms with Crippen LogP contribution in [-0.4, -0.2) is 25.7 Å². The quantitative estimate of drug-likeness (QED) is 0.613. The molecular formula is C18H12FN5O2. The number of aromatic nitrogens is 4. The number of benzene rings is 1. The Hall–Kier alpha value is -3.81. The van der Waals surface area contributed by atoms with Crippen molar-refractivity contribution in [2.24, 2.45) is 0 Å². The normalized spacial score (nSPS) is 10.7. The van der Waals surface area contributed by atoms with Gasteiger partial charge < -0.3 is 4.74 Å². The third-order valence-electron chi connectivity index (χ3n) is 3.62. The van der Waals surface area contributed by atoms with Gasteiger partial charge in [-0.05, 0) is 30.3 Å². The van der Waals surface area contributed by atoms with Crippen LogP contribution in [0.15, 0.2) is 67.3 Å². The largest absolute Gasteiger partial charge is 0.432 e. The van der Waals surface area contributed by atoms with Gasteiger partial charge >= 0.3 is 6.09 Å². The second kappa shape index (κ2) is 6.60. The monoisotopic (exact) mass is 349 g/mol. The van der Waals surface area contributed by atoms with Crippen LogP contribution in [0.5, 0.6) is 5.75 Å². The van der Waals surface area contributed by atoms with E-state index < -0.39 is 6.09 Å². The zero-order valence-corrected chi connectivity index (χ0v) is 13.3. The van der Waals surface area contributed by atoms with Crippen molar-refractivity contribution >= 4 is 17.0 Å².